The molecule has 0 aliphatic rings. The van der Waals surface area contributed by atoms with Crippen molar-refractivity contribution >= 4 is 20.1 Å². The van der Waals surface area contributed by atoms with Crippen LogP contribution in [-0.4, -0.2) is 0 Å². The van der Waals surface area contributed by atoms with E-state index in [1.54, 1.807) is 0 Å². The quantitative estimate of drug-likeness (QED) is 0.294. The van der Waals surface area contributed by atoms with E-state index < -0.39 is 0 Å². The Bertz CT molecular complexity index is 18.3. The third kappa shape index (κ3) is 104. The summed E-state index contributed by atoms with van der Waals surface area (Å²) in [6.07, 6.45) is 1.50. The molecule has 0 N–H and O–H groups in total. The second kappa shape index (κ2) is 40.7. The predicted octanol–water partition coefficient (Wildman–Crippen LogP) is 1.75. The Hall–Kier alpha value is 0.824. The van der Waals surface area contributed by atoms with Crippen molar-refractivity contribution in [2.45, 2.75) is 0 Å². The van der Waals surface area contributed by atoms with Crippen molar-refractivity contribution in [2.24, 2.45) is 0 Å². The van der Waals surface area contributed by atoms with Gasteiger partial charge >= 0.3 is 24.8 Å². The molecular formula is C3H8ClNiP-. The molecule has 0 fully saturated rings. The summed E-state index contributed by atoms with van der Waals surface area (Å²) in [5, 5.41) is 0. The van der Waals surface area contributed by atoms with Gasteiger partial charge in [0.2, 0.25) is 0 Å². The maximum atomic E-state index is 4.26. The molecule has 6 heavy (non-hydrogen) atoms. The van der Waals surface area contributed by atoms with E-state index in [0.29, 0.717) is 0 Å². The van der Waals surface area contributed by atoms with Gasteiger partial charge in [-0.3, -0.25) is 0 Å². The van der Waals surface area contributed by atoms with Crippen LogP contribution < -0.4 is 0 Å². The van der Waals surface area contributed by atoms with Gasteiger partial charge in [0.15, 0.2) is 0 Å². The van der Waals surface area contributed by atoms with Crippen molar-refractivity contribution in [3.05, 3.63) is 19.6 Å². The van der Waals surface area contributed by atoms with Gasteiger partial charge in [-0.15, -0.1) is 0 Å². The Kier molecular flexibility index (Phi) is 107. The summed E-state index contributed by atoms with van der Waals surface area (Å²) in [5.74, 6) is 0. The average molecular weight is 169 g/mol. The third-order valence-electron chi connectivity index (χ3n) is 0. The zero-order valence-corrected chi connectivity index (χ0v) is 6.55. The molecule has 0 amide bonds. The van der Waals surface area contributed by atoms with Gasteiger partial charge in [0.1, 0.15) is 0 Å². The van der Waals surface area contributed by atoms with E-state index in [2.05, 4.69) is 38.3 Å². The molecule has 43 valence electrons. The van der Waals surface area contributed by atoms with Crippen LogP contribution in [0.4, 0.5) is 0 Å². The molecule has 0 rings (SSSR count). The van der Waals surface area contributed by atoms with Crippen molar-refractivity contribution in [3.8, 4) is 0 Å². The molecule has 0 saturated heterocycles. The predicted molar refractivity (Wildman–Crippen MR) is 32.5 cm³/mol. The number of allylic oxidation sites excluding steroid dienone is 1. The first-order valence-corrected chi connectivity index (χ1v) is 2.29. The van der Waals surface area contributed by atoms with E-state index >= 15 is 0 Å². The van der Waals surface area contributed by atoms with Crippen molar-refractivity contribution in [3.63, 3.8) is 0 Å². The number of halogens is 1. The van der Waals surface area contributed by atoms with E-state index in [1.165, 1.54) is 6.08 Å². The number of hydrogen-bond acceptors (Lipinski definition) is 0. The maximum absolute atomic E-state index is 4.26. The van der Waals surface area contributed by atoms with Gasteiger partial charge in [-0.05, 0) is 0 Å². The monoisotopic (exact) mass is 168 g/mol. The summed E-state index contributed by atoms with van der Waals surface area (Å²) in [4.78, 5) is 0. The fraction of sp³-hybridized carbons (Fsp3) is 0. The summed E-state index contributed by atoms with van der Waals surface area (Å²) in [6.45, 7) is 6.50. The van der Waals surface area contributed by atoms with E-state index in [0.717, 1.165) is 0 Å². The Morgan fingerprint density at radius 1 is 1.67 bits per heavy atom. The molecular weight excluding hydrogens is 161 g/mol. The van der Waals surface area contributed by atoms with Crippen LogP contribution in [0.15, 0.2) is 12.7 Å². The summed E-state index contributed by atoms with van der Waals surface area (Å²) in [5.41, 5.74) is 0. The van der Waals surface area contributed by atoms with Gasteiger partial charge in [0.25, 0.3) is 0 Å². The molecule has 0 spiro atoms. The standard InChI is InChI=1S/C3H5.ClH.Ni.H3P/c1-3-2;;;/h3H,1-2H2;1H;;1H3/q-1;;+1;/p-1. The minimum atomic E-state index is 0. The van der Waals surface area contributed by atoms with Crippen LogP contribution in [0.2, 0.25) is 0 Å². The Balaban J connectivity index is -0.0000000275. The first-order valence-electron chi connectivity index (χ1n) is 0.936. The van der Waals surface area contributed by atoms with Gasteiger partial charge in [0, 0.05) is 0 Å². The number of rotatable bonds is 0. The summed E-state index contributed by atoms with van der Waals surface area (Å²) >= 11 is 3.35. The molecule has 3 heteroatoms. The average Bonchev–Trinajstić information content (AvgIpc) is 1.46. The van der Waals surface area contributed by atoms with Gasteiger partial charge in [-0.2, -0.15) is 9.90 Å². The topological polar surface area (TPSA) is 0 Å². The molecule has 0 heterocycles. The van der Waals surface area contributed by atoms with Crippen LogP contribution in [0.5, 0.6) is 0 Å². The van der Waals surface area contributed by atoms with Crippen molar-refractivity contribution < 1.29 is 14.6 Å². The SMILES string of the molecule is C=C[CH2-].P.[Cl][Ni]. The summed E-state index contributed by atoms with van der Waals surface area (Å²) < 4.78 is 0. The van der Waals surface area contributed by atoms with E-state index in [-0.39, 0.29) is 9.90 Å². The van der Waals surface area contributed by atoms with E-state index in [9.17, 15) is 0 Å². The van der Waals surface area contributed by atoms with Crippen LogP contribution >= 0.6 is 20.1 Å². The van der Waals surface area contributed by atoms with Crippen LogP contribution in [-0.2, 0) is 14.6 Å². The molecule has 0 aliphatic carbocycles. The van der Waals surface area contributed by atoms with E-state index in [4.69, 9.17) is 0 Å². The fourth-order valence-electron chi connectivity index (χ4n) is 0. The Morgan fingerprint density at radius 3 is 1.67 bits per heavy atom. The molecule has 0 aromatic carbocycles. The Labute approximate surface area is 54.6 Å². The van der Waals surface area contributed by atoms with Gasteiger partial charge < -0.3 is 0 Å². The van der Waals surface area contributed by atoms with Crippen molar-refractivity contribution in [1.82, 2.24) is 0 Å². The number of hydrogen-bond donors (Lipinski definition) is 0. The second-order valence-corrected chi connectivity index (χ2v) is 0.289. The van der Waals surface area contributed by atoms with Crippen molar-refractivity contribution in [1.29, 1.82) is 0 Å². The Morgan fingerprint density at radius 2 is 1.67 bits per heavy atom. The normalized spacial score (nSPS) is 3.17. The van der Waals surface area contributed by atoms with E-state index in [1.807, 2.05) is 0 Å². The fourth-order valence-corrected chi connectivity index (χ4v) is 0. The van der Waals surface area contributed by atoms with Gasteiger partial charge in [0.05, 0.1) is 0 Å². The molecule has 0 aliphatic heterocycles. The minimum absolute atomic E-state index is 0. The molecule has 0 nitrogen and oxygen atoms in total. The summed E-state index contributed by atoms with van der Waals surface area (Å²) in [6, 6.07) is 0. The molecule has 1 unspecified atom stereocenters. The van der Waals surface area contributed by atoms with Crippen LogP contribution in [0, 0.1) is 6.92 Å². The van der Waals surface area contributed by atoms with Crippen LogP contribution in [0.25, 0.3) is 0 Å². The molecule has 0 saturated carbocycles. The zero-order valence-electron chi connectivity index (χ0n) is 3.39. The third-order valence-corrected chi connectivity index (χ3v) is 0. The summed E-state index contributed by atoms with van der Waals surface area (Å²) in [7, 11) is 4.26. The van der Waals surface area contributed by atoms with Crippen LogP contribution in [0.1, 0.15) is 0 Å². The first-order chi connectivity index (χ1) is 2.41. The molecule has 0 aromatic heterocycles. The van der Waals surface area contributed by atoms with Crippen molar-refractivity contribution in [2.75, 3.05) is 0 Å². The molecule has 0 radical (unpaired) electrons. The van der Waals surface area contributed by atoms with Gasteiger partial charge in [-0.1, -0.05) is 0 Å². The second-order valence-electron chi connectivity index (χ2n) is 0.289. The van der Waals surface area contributed by atoms with Gasteiger partial charge in [-0.25, -0.2) is 19.6 Å². The zero-order chi connectivity index (χ0) is 4.71. The molecule has 0 bridgehead atoms. The first kappa shape index (κ1) is 15.8. The molecule has 1 atom stereocenters. The molecule has 0 aromatic rings. The van der Waals surface area contributed by atoms with Crippen LogP contribution in [0.3, 0.4) is 0 Å².